The summed E-state index contributed by atoms with van der Waals surface area (Å²) in [7, 11) is 4.72. The number of anilines is 1. The van der Waals surface area contributed by atoms with E-state index in [2.05, 4.69) is 15.2 Å². The minimum atomic E-state index is -0.274. The molecule has 0 radical (unpaired) electrons. The first-order chi connectivity index (χ1) is 16.1. The van der Waals surface area contributed by atoms with E-state index in [-0.39, 0.29) is 5.56 Å². The molecule has 0 amide bonds. The molecule has 0 bridgehead atoms. The fraction of sp³-hybridized carbons (Fsp3) is 0.417. The Morgan fingerprint density at radius 2 is 1.85 bits per heavy atom. The molecule has 1 aliphatic heterocycles. The molecule has 0 spiro atoms. The molecule has 3 aromatic rings. The van der Waals surface area contributed by atoms with Gasteiger partial charge in [0.1, 0.15) is 28.5 Å². The molecule has 9 heteroatoms. The van der Waals surface area contributed by atoms with Gasteiger partial charge in [0.2, 0.25) is 0 Å². The molecule has 1 saturated heterocycles. The van der Waals surface area contributed by atoms with Crippen LogP contribution in [0.4, 0.5) is 5.69 Å². The number of aromatic nitrogens is 2. The van der Waals surface area contributed by atoms with Gasteiger partial charge in [-0.05, 0) is 25.1 Å². The minimum absolute atomic E-state index is 0.274. The molecule has 1 aromatic heterocycles. The largest absolute Gasteiger partial charge is 0.497 e. The van der Waals surface area contributed by atoms with Gasteiger partial charge >= 0.3 is 0 Å². The summed E-state index contributed by atoms with van der Waals surface area (Å²) in [6, 6.07) is 9.07. The van der Waals surface area contributed by atoms with Crippen molar-refractivity contribution in [3.63, 3.8) is 0 Å². The standard InChI is InChI=1S/C24H30N4O5/c1-30-16-5-6-18(19(13-16)25-7-4-8-28-9-11-33-12-10-28)23-26-20-14-17(31-2)15-21(32-3)22(20)24(29)27-23/h5-6,13-15,25H,4,7-12H2,1-3H3,(H,26,27,29). The first-order valence-corrected chi connectivity index (χ1v) is 11.0. The van der Waals surface area contributed by atoms with Gasteiger partial charge in [-0.25, -0.2) is 4.98 Å². The number of hydrogen-bond acceptors (Lipinski definition) is 8. The van der Waals surface area contributed by atoms with Gasteiger partial charge in [0.25, 0.3) is 5.56 Å². The summed E-state index contributed by atoms with van der Waals surface area (Å²) >= 11 is 0. The Labute approximate surface area is 192 Å². The highest BCUT2D eigenvalue weighted by Gasteiger charge is 2.16. The molecule has 1 aliphatic rings. The molecule has 0 saturated carbocycles. The smallest absolute Gasteiger partial charge is 0.262 e. The number of ether oxygens (including phenoxy) is 4. The van der Waals surface area contributed by atoms with Crippen LogP contribution in [0.25, 0.3) is 22.3 Å². The van der Waals surface area contributed by atoms with E-state index in [9.17, 15) is 4.79 Å². The Hall–Kier alpha value is -3.30. The molecule has 0 atom stereocenters. The number of methoxy groups -OCH3 is 3. The lowest BCUT2D eigenvalue weighted by atomic mass is 10.1. The summed E-state index contributed by atoms with van der Waals surface area (Å²) in [4.78, 5) is 23.0. The molecule has 2 aromatic carbocycles. The molecule has 33 heavy (non-hydrogen) atoms. The van der Waals surface area contributed by atoms with Crippen molar-refractivity contribution in [3.8, 4) is 28.6 Å². The van der Waals surface area contributed by atoms with Crippen LogP contribution in [0.1, 0.15) is 6.42 Å². The molecule has 9 nitrogen and oxygen atoms in total. The van der Waals surface area contributed by atoms with Crippen molar-refractivity contribution in [1.82, 2.24) is 14.9 Å². The summed E-state index contributed by atoms with van der Waals surface area (Å²) in [6.07, 6.45) is 0.979. The topological polar surface area (TPSA) is 97.9 Å². The van der Waals surface area contributed by atoms with Crippen LogP contribution in [0, 0.1) is 0 Å². The fourth-order valence-electron chi connectivity index (χ4n) is 3.97. The quantitative estimate of drug-likeness (QED) is 0.477. The highest BCUT2D eigenvalue weighted by atomic mass is 16.5. The second-order valence-corrected chi connectivity index (χ2v) is 7.78. The summed E-state index contributed by atoms with van der Waals surface area (Å²) in [5.74, 6) is 2.17. The number of nitrogens with zero attached hydrogens (tertiary/aromatic N) is 2. The predicted molar refractivity (Wildman–Crippen MR) is 128 cm³/mol. The zero-order chi connectivity index (χ0) is 23.2. The lowest BCUT2D eigenvalue weighted by Gasteiger charge is -2.26. The van der Waals surface area contributed by atoms with Gasteiger partial charge in [-0.1, -0.05) is 0 Å². The molecule has 2 heterocycles. The van der Waals surface area contributed by atoms with Crippen LogP contribution < -0.4 is 25.1 Å². The Morgan fingerprint density at radius 1 is 1.06 bits per heavy atom. The molecule has 1 fully saturated rings. The van der Waals surface area contributed by atoms with E-state index in [0.29, 0.717) is 28.2 Å². The lowest BCUT2D eigenvalue weighted by Crippen LogP contribution is -2.37. The number of fused-ring (bicyclic) bond motifs is 1. The zero-order valence-electron chi connectivity index (χ0n) is 19.3. The Kier molecular flexibility index (Phi) is 7.31. The zero-order valence-corrected chi connectivity index (χ0v) is 19.3. The third kappa shape index (κ3) is 5.20. The molecule has 2 N–H and O–H groups in total. The van der Waals surface area contributed by atoms with E-state index in [1.807, 2.05) is 18.2 Å². The van der Waals surface area contributed by atoms with Crippen molar-refractivity contribution in [2.45, 2.75) is 6.42 Å². The number of morpholine rings is 1. The van der Waals surface area contributed by atoms with Crippen molar-refractivity contribution in [3.05, 3.63) is 40.7 Å². The summed E-state index contributed by atoms with van der Waals surface area (Å²) in [6.45, 7) is 5.31. The number of nitrogens with one attached hydrogen (secondary N) is 2. The number of H-pyrrole nitrogens is 1. The highest BCUT2D eigenvalue weighted by Crippen LogP contribution is 2.32. The Balaban J connectivity index is 1.62. The van der Waals surface area contributed by atoms with Crippen LogP contribution in [0.2, 0.25) is 0 Å². The predicted octanol–water partition coefficient (Wildman–Crippen LogP) is 2.75. The first-order valence-electron chi connectivity index (χ1n) is 11.0. The van der Waals surface area contributed by atoms with Gasteiger partial charge in [0.05, 0.1) is 40.1 Å². The van der Waals surface area contributed by atoms with Crippen LogP contribution in [0.15, 0.2) is 35.1 Å². The SMILES string of the molecule is COc1ccc(-c2nc3cc(OC)cc(OC)c3c(=O)[nH]2)c(NCCCN2CCOCC2)c1. The maximum Gasteiger partial charge on any atom is 0.262 e. The Bertz CT molecular complexity index is 1160. The highest BCUT2D eigenvalue weighted by molar-refractivity contribution is 5.88. The van der Waals surface area contributed by atoms with Crippen LogP contribution >= 0.6 is 0 Å². The van der Waals surface area contributed by atoms with Crippen LogP contribution in [0.3, 0.4) is 0 Å². The lowest BCUT2D eigenvalue weighted by molar-refractivity contribution is 0.0378. The van der Waals surface area contributed by atoms with Gasteiger partial charge < -0.3 is 29.2 Å². The molecule has 176 valence electrons. The van der Waals surface area contributed by atoms with Crippen LogP contribution in [-0.4, -0.2) is 75.6 Å². The summed E-state index contributed by atoms with van der Waals surface area (Å²) in [5.41, 5.74) is 1.85. The van der Waals surface area contributed by atoms with Crippen LogP contribution in [-0.2, 0) is 4.74 Å². The van der Waals surface area contributed by atoms with Gasteiger partial charge in [-0.3, -0.25) is 9.69 Å². The van der Waals surface area contributed by atoms with Gasteiger partial charge in [0, 0.05) is 49.1 Å². The maximum atomic E-state index is 12.9. The number of benzene rings is 2. The van der Waals surface area contributed by atoms with E-state index >= 15 is 0 Å². The number of hydrogen-bond donors (Lipinski definition) is 2. The van der Waals surface area contributed by atoms with Gasteiger partial charge in [-0.2, -0.15) is 0 Å². The second kappa shape index (κ2) is 10.5. The van der Waals surface area contributed by atoms with E-state index in [4.69, 9.17) is 23.9 Å². The van der Waals surface area contributed by atoms with Gasteiger partial charge in [-0.15, -0.1) is 0 Å². The average molecular weight is 455 g/mol. The average Bonchev–Trinajstić information content (AvgIpc) is 2.86. The fourth-order valence-corrected chi connectivity index (χ4v) is 3.97. The summed E-state index contributed by atoms with van der Waals surface area (Å²) in [5, 5.41) is 3.87. The normalized spacial score (nSPS) is 14.3. The van der Waals surface area contributed by atoms with E-state index in [0.717, 1.165) is 62.8 Å². The van der Waals surface area contributed by atoms with Crippen molar-refractivity contribution in [2.24, 2.45) is 0 Å². The van der Waals surface area contributed by atoms with Crippen molar-refractivity contribution >= 4 is 16.6 Å². The molecular weight excluding hydrogens is 424 g/mol. The first kappa shape index (κ1) is 22.9. The van der Waals surface area contributed by atoms with E-state index in [1.165, 1.54) is 7.11 Å². The minimum Gasteiger partial charge on any atom is -0.497 e. The number of rotatable bonds is 9. The van der Waals surface area contributed by atoms with Gasteiger partial charge in [0.15, 0.2) is 0 Å². The van der Waals surface area contributed by atoms with Crippen molar-refractivity contribution in [1.29, 1.82) is 0 Å². The molecular formula is C24H30N4O5. The molecule has 0 aliphatic carbocycles. The summed E-state index contributed by atoms with van der Waals surface area (Å²) < 4.78 is 21.6. The maximum absolute atomic E-state index is 12.9. The van der Waals surface area contributed by atoms with E-state index in [1.54, 1.807) is 26.4 Å². The van der Waals surface area contributed by atoms with E-state index < -0.39 is 0 Å². The second-order valence-electron chi connectivity index (χ2n) is 7.78. The molecule has 4 rings (SSSR count). The third-order valence-electron chi connectivity index (χ3n) is 5.75. The third-order valence-corrected chi connectivity index (χ3v) is 5.75. The Morgan fingerprint density at radius 3 is 2.58 bits per heavy atom. The van der Waals surface area contributed by atoms with Crippen molar-refractivity contribution in [2.75, 3.05) is 66.0 Å². The van der Waals surface area contributed by atoms with Crippen molar-refractivity contribution < 1.29 is 18.9 Å². The number of aromatic amines is 1. The molecule has 0 unspecified atom stereocenters. The monoisotopic (exact) mass is 454 g/mol. The van der Waals surface area contributed by atoms with Crippen LogP contribution in [0.5, 0.6) is 17.2 Å².